The molecular formula is C15H20N2O4. The summed E-state index contributed by atoms with van der Waals surface area (Å²) in [6, 6.07) is 5.30. The lowest BCUT2D eigenvalue weighted by Crippen LogP contribution is -2.33. The first kappa shape index (κ1) is 15.2. The third kappa shape index (κ3) is 3.65. The first-order valence-corrected chi connectivity index (χ1v) is 7.14. The van der Waals surface area contributed by atoms with E-state index < -0.39 is 11.9 Å². The number of para-hydroxylation sites is 1. The maximum absolute atomic E-state index is 12.2. The van der Waals surface area contributed by atoms with Crippen LogP contribution in [-0.2, 0) is 4.79 Å². The van der Waals surface area contributed by atoms with Crippen molar-refractivity contribution in [1.29, 1.82) is 0 Å². The molecule has 1 unspecified atom stereocenters. The number of hydrogen-bond donors (Lipinski definition) is 3. The summed E-state index contributed by atoms with van der Waals surface area (Å²) in [6.45, 7) is 3.25. The minimum Gasteiger partial charge on any atom is -0.489 e. The van der Waals surface area contributed by atoms with E-state index in [1.54, 1.807) is 12.1 Å². The molecule has 3 N–H and O–H groups in total. The van der Waals surface area contributed by atoms with Gasteiger partial charge >= 0.3 is 5.97 Å². The molecule has 1 amide bonds. The molecule has 0 radical (unpaired) electrons. The number of aliphatic carboxylic acids is 1. The van der Waals surface area contributed by atoms with Gasteiger partial charge in [-0.05, 0) is 18.6 Å². The highest BCUT2D eigenvalue weighted by Crippen LogP contribution is 2.31. The molecular weight excluding hydrogens is 272 g/mol. The van der Waals surface area contributed by atoms with E-state index in [1.165, 1.54) is 0 Å². The summed E-state index contributed by atoms with van der Waals surface area (Å²) < 4.78 is 5.54. The van der Waals surface area contributed by atoms with Gasteiger partial charge in [-0.1, -0.05) is 19.4 Å². The quantitative estimate of drug-likeness (QED) is 0.743. The second-order valence-corrected chi connectivity index (χ2v) is 4.99. The van der Waals surface area contributed by atoms with Crippen LogP contribution in [0.3, 0.4) is 0 Å². The number of ether oxygens (including phenoxy) is 1. The highest BCUT2D eigenvalue weighted by Gasteiger charge is 2.21. The average molecular weight is 292 g/mol. The van der Waals surface area contributed by atoms with E-state index in [1.807, 2.05) is 13.0 Å². The van der Waals surface area contributed by atoms with Gasteiger partial charge < -0.3 is 20.5 Å². The van der Waals surface area contributed by atoms with Gasteiger partial charge in [0, 0.05) is 13.1 Å². The minimum atomic E-state index is -0.884. The molecule has 2 rings (SSSR count). The van der Waals surface area contributed by atoms with Gasteiger partial charge in [0.2, 0.25) is 0 Å². The van der Waals surface area contributed by atoms with Crippen LogP contribution in [0, 0.1) is 5.92 Å². The van der Waals surface area contributed by atoms with Crippen LogP contribution in [0.25, 0.3) is 0 Å². The molecule has 0 spiro atoms. The third-order valence-electron chi connectivity index (χ3n) is 3.42. The zero-order valence-corrected chi connectivity index (χ0v) is 12.0. The number of fused-ring (bicyclic) bond motifs is 1. The van der Waals surface area contributed by atoms with Crippen molar-refractivity contribution in [1.82, 2.24) is 5.32 Å². The van der Waals surface area contributed by atoms with Crippen LogP contribution in [0.5, 0.6) is 5.75 Å². The largest absolute Gasteiger partial charge is 0.489 e. The lowest BCUT2D eigenvalue weighted by molar-refractivity contribution is -0.141. The summed E-state index contributed by atoms with van der Waals surface area (Å²) in [5, 5.41) is 14.9. The smallest absolute Gasteiger partial charge is 0.308 e. The van der Waals surface area contributed by atoms with Crippen LogP contribution in [0.4, 0.5) is 5.69 Å². The van der Waals surface area contributed by atoms with E-state index >= 15 is 0 Å². The van der Waals surface area contributed by atoms with Gasteiger partial charge in [0.1, 0.15) is 6.61 Å². The van der Waals surface area contributed by atoms with Crippen molar-refractivity contribution in [2.45, 2.75) is 19.8 Å². The maximum atomic E-state index is 12.2. The second kappa shape index (κ2) is 6.97. The highest BCUT2D eigenvalue weighted by atomic mass is 16.5. The van der Waals surface area contributed by atoms with Crippen LogP contribution in [-0.4, -0.2) is 36.7 Å². The molecule has 0 aliphatic carbocycles. The van der Waals surface area contributed by atoms with Gasteiger partial charge in [-0.2, -0.15) is 0 Å². The van der Waals surface area contributed by atoms with Gasteiger partial charge in [-0.25, -0.2) is 0 Å². The zero-order chi connectivity index (χ0) is 15.2. The van der Waals surface area contributed by atoms with Crippen molar-refractivity contribution >= 4 is 17.6 Å². The number of anilines is 1. The molecule has 21 heavy (non-hydrogen) atoms. The molecule has 1 aliphatic heterocycles. The van der Waals surface area contributed by atoms with Crippen molar-refractivity contribution in [3.63, 3.8) is 0 Å². The lowest BCUT2D eigenvalue weighted by atomic mass is 10.0. The third-order valence-corrected chi connectivity index (χ3v) is 3.42. The SMILES string of the molecule is CCCC(CNC(=O)c1cccc2c1OCCN2)C(=O)O. The Balaban J connectivity index is 2.05. The molecule has 6 nitrogen and oxygen atoms in total. The Hall–Kier alpha value is -2.24. The van der Waals surface area contributed by atoms with Gasteiger partial charge in [-0.15, -0.1) is 0 Å². The molecule has 1 heterocycles. The van der Waals surface area contributed by atoms with Gasteiger partial charge in [0.15, 0.2) is 5.75 Å². The number of rotatable bonds is 6. The lowest BCUT2D eigenvalue weighted by Gasteiger charge is -2.21. The van der Waals surface area contributed by atoms with E-state index in [0.717, 1.165) is 12.1 Å². The van der Waals surface area contributed by atoms with Gasteiger partial charge in [-0.3, -0.25) is 9.59 Å². The number of carbonyl (C=O) groups excluding carboxylic acids is 1. The van der Waals surface area contributed by atoms with E-state index in [0.29, 0.717) is 30.9 Å². The van der Waals surface area contributed by atoms with Crippen LogP contribution >= 0.6 is 0 Å². The fourth-order valence-electron chi connectivity index (χ4n) is 2.32. The number of carbonyl (C=O) groups is 2. The Morgan fingerprint density at radius 3 is 3.00 bits per heavy atom. The Bertz CT molecular complexity index is 530. The average Bonchev–Trinajstić information content (AvgIpc) is 2.50. The van der Waals surface area contributed by atoms with Crippen molar-refractivity contribution < 1.29 is 19.4 Å². The van der Waals surface area contributed by atoms with E-state index in [-0.39, 0.29) is 12.5 Å². The first-order chi connectivity index (χ1) is 10.1. The number of nitrogens with one attached hydrogen (secondary N) is 2. The Morgan fingerprint density at radius 2 is 2.29 bits per heavy atom. The summed E-state index contributed by atoms with van der Waals surface area (Å²) in [4.78, 5) is 23.3. The molecule has 1 aliphatic rings. The number of carboxylic acids is 1. The van der Waals surface area contributed by atoms with E-state index in [4.69, 9.17) is 9.84 Å². The molecule has 1 aromatic carbocycles. The van der Waals surface area contributed by atoms with Gasteiger partial charge in [0.25, 0.3) is 5.91 Å². The Labute approximate surface area is 123 Å². The topological polar surface area (TPSA) is 87.7 Å². The fraction of sp³-hybridized carbons (Fsp3) is 0.467. The molecule has 0 saturated carbocycles. The maximum Gasteiger partial charge on any atom is 0.308 e. The number of hydrogen-bond acceptors (Lipinski definition) is 4. The number of benzene rings is 1. The molecule has 1 atom stereocenters. The van der Waals surface area contributed by atoms with Crippen molar-refractivity contribution in [2.24, 2.45) is 5.92 Å². The molecule has 0 fully saturated rings. The predicted octanol–water partition coefficient (Wildman–Crippen LogP) is 1.72. The fourth-order valence-corrected chi connectivity index (χ4v) is 2.32. The molecule has 0 saturated heterocycles. The minimum absolute atomic E-state index is 0.124. The van der Waals surface area contributed by atoms with Crippen LogP contribution < -0.4 is 15.4 Å². The molecule has 0 aromatic heterocycles. The highest BCUT2D eigenvalue weighted by molar-refractivity contribution is 5.99. The molecule has 114 valence electrons. The summed E-state index contributed by atoms with van der Waals surface area (Å²) in [6.07, 6.45) is 1.31. The van der Waals surface area contributed by atoms with Gasteiger partial charge in [0.05, 0.1) is 17.2 Å². The Kier molecular flexibility index (Phi) is 5.03. The first-order valence-electron chi connectivity index (χ1n) is 7.14. The predicted molar refractivity (Wildman–Crippen MR) is 78.8 cm³/mol. The summed E-state index contributed by atoms with van der Waals surface area (Å²) in [5.41, 5.74) is 1.22. The van der Waals surface area contributed by atoms with E-state index in [2.05, 4.69) is 10.6 Å². The van der Waals surface area contributed by atoms with Crippen LogP contribution in [0.2, 0.25) is 0 Å². The zero-order valence-electron chi connectivity index (χ0n) is 12.0. The number of amides is 1. The van der Waals surface area contributed by atoms with Crippen molar-refractivity contribution in [2.75, 3.05) is 25.0 Å². The molecule has 0 bridgehead atoms. The molecule has 6 heteroatoms. The normalized spacial score (nSPS) is 14.3. The standard InChI is InChI=1S/C15H20N2O4/c1-2-4-10(15(19)20)9-17-14(18)11-5-3-6-12-13(11)21-8-7-16-12/h3,5-6,10,16H,2,4,7-9H2,1H3,(H,17,18)(H,19,20). The summed E-state index contributed by atoms with van der Waals surface area (Å²) in [5.74, 6) is -1.22. The summed E-state index contributed by atoms with van der Waals surface area (Å²) in [7, 11) is 0. The molecule has 1 aromatic rings. The number of carboxylic acid groups (broad SMARTS) is 1. The van der Waals surface area contributed by atoms with Crippen LogP contribution in [0.1, 0.15) is 30.1 Å². The van der Waals surface area contributed by atoms with Crippen molar-refractivity contribution in [3.8, 4) is 5.75 Å². The Morgan fingerprint density at radius 1 is 1.48 bits per heavy atom. The summed E-state index contributed by atoms with van der Waals surface area (Å²) >= 11 is 0. The van der Waals surface area contributed by atoms with E-state index in [9.17, 15) is 9.59 Å². The second-order valence-electron chi connectivity index (χ2n) is 4.99. The monoisotopic (exact) mass is 292 g/mol. The van der Waals surface area contributed by atoms with Crippen molar-refractivity contribution in [3.05, 3.63) is 23.8 Å². The van der Waals surface area contributed by atoms with Crippen LogP contribution in [0.15, 0.2) is 18.2 Å².